The summed E-state index contributed by atoms with van der Waals surface area (Å²) in [6, 6.07) is 7.98. The lowest BCUT2D eigenvalue weighted by Gasteiger charge is -2.20. The molecule has 1 aromatic rings. The summed E-state index contributed by atoms with van der Waals surface area (Å²) in [5.74, 6) is 0. The number of hydrogen-bond donors (Lipinski definition) is 0. The lowest BCUT2D eigenvalue weighted by Crippen LogP contribution is -2.15. The molecule has 2 nitrogen and oxygen atoms in total. The quantitative estimate of drug-likeness (QED) is 0.415. The second-order valence-corrected chi connectivity index (χ2v) is 5.85. The highest BCUT2D eigenvalue weighted by molar-refractivity contribution is 5.62. The maximum atomic E-state index is 10.6. The van der Waals surface area contributed by atoms with Crippen LogP contribution in [0.25, 0.3) is 6.08 Å². The molecular weight excluding hydrogens is 258 g/mol. The fourth-order valence-corrected chi connectivity index (χ4v) is 2.18. The summed E-state index contributed by atoms with van der Waals surface area (Å²) in [4.78, 5) is 14.6. The van der Waals surface area contributed by atoms with Crippen LogP contribution in [0.1, 0.15) is 45.7 Å². The molecule has 0 radical (unpaired) electrons. The van der Waals surface area contributed by atoms with Crippen molar-refractivity contribution < 1.29 is 4.79 Å². The van der Waals surface area contributed by atoms with Crippen molar-refractivity contribution >= 4 is 12.2 Å². The van der Waals surface area contributed by atoms with Crippen LogP contribution in [0, 0.1) is 0 Å². The molecule has 0 saturated carbocycles. The summed E-state index contributed by atoms with van der Waals surface area (Å²) in [7, 11) is 0. The Balaban J connectivity index is 3.34. The molecule has 0 fully saturated rings. The summed E-state index contributed by atoms with van der Waals surface area (Å²) in [5, 5.41) is 0. The van der Waals surface area contributed by atoms with Gasteiger partial charge in [-0.3, -0.25) is 0 Å². The van der Waals surface area contributed by atoms with E-state index in [0.29, 0.717) is 0 Å². The van der Waals surface area contributed by atoms with Crippen LogP contribution in [-0.4, -0.2) is 6.08 Å². The molecule has 0 amide bonds. The van der Waals surface area contributed by atoms with Crippen molar-refractivity contribution in [1.82, 2.24) is 0 Å². The summed E-state index contributed by atoms with van der Waals surface area (Å²) in [6.07, 6.45) is 5.84. The van der Waals surface area contributed by atoms with E-state index in [-0.39, 0.29) is 0 Å². The van der Waals surface area contributed by atoms with Crippen molar-refractivity contribution in [3.63, 3.8) is 0 Å². The summed E-state index contributed by atoms with van der Waals surface area (Å²) in [5.41, 5.74) is 4.86. The maximum Gasteiger partial charge on any atom is 0.235 e. The Morgan fingerprint density at radius 1 is 1.19 bits per heavy atom. The lowest BCUT2D eigenvalue weighted by molar-refractivity contribution is 0.522. The number of hydrogen-bond acceptors (Lipinski definition) is 2. The van der Waals surface area contributed by atoms with Gasteiger partial charge in [0.2, 0.25) is 6.08 Å². The molecule has 0 atom stereocenters. The third-order valence-electron chi connectivity index (χ3n) is 3.40. The van der Waals surface area contributed by atoms with Crippen LogP contribution in [0.3, 0.4) is 0 Å². The van der Waals surface area contributed by atoms with Gasteiger partial charge in [-0.15, -0.1) is 0 Å². The topological polar surface area (TPSA) is 29.4 Å². The number of rotatable bonds is 5. The molecule has 1 rings (SSSR count). The Labute approximate surface area is 127 Å². The molecule has 0 heterocycles. The van der Waals surface area contributed by atoms with Gasteiger partial charge in [0.15, 0.2) is 0 Å². The molecule has 0 aliphatic rings. The predicted octanol–water partition coefficient (Wildman–Crippen LogP) is 5.18. The first kappa shape index (κ1) is 16.9. The lowest BCUT2D eigenvalue weighted by atomic mass is 9.89. The molecule has 0 unspecified atom stereocenters. The van der Waals surface area contributed by atoms with Crippen LogP contribution in [0.15, 0.2) is 58.6 Å². The summed E-state index contributed by atoms with van der Waals surface area (Å²) >= 11 is 0. The van der Waals surface area contributed by atoms with Gasteiger partial charge in [-0.1, -0.05) is 48.6 Å². The van der Waals surface area contributed by atoms with Gasteiger partial charge in [0.25, 0.3) is 0 Å². The smallest absolute Gasteiger partial charge is 0.211 e. The van der Waals surface area contributed by atoms with Gasteiger partial charge in [0, 0.05) is 0 Å². The third-order valence-corrected chi connectivity index (χ3v) is 3.40. The molecule has 2 heteroatoms. The first-order valence-corrected chi connectivity index (χ1v) is 6.99. The van der Waals surface area contributed by atoms with E-state index in [2.05, 4.69) is 37.6 Å². The fraction of sp³-hybridized carbons (Fsp3) is 0.316. The number of allylic oxidation sites excluding steroid dienone is 4. The summed E-state index contributed by atoms with van der Waals surface area (Å²) < 4.78 is 0. The number of carbonyl (C=O) groups excluding carboxylic acids is 1. The van der Waals surface area contributed by atoms with Crippen molar-refractivity contribution in [2.75, 3.05) is 0 Å². The fourth-order valence-electron chi connectivity index (χ4n) is 2.18. The third kappa shape index (κ3) is 4.70. The molecule has 0 aliphatic heterocycles. The second kappa shape index (κ2) is 7.01. The van der Waals surface area contributed by atoms with Gasteiger partial charge in [-0.2, -0.15) is 4.99 Å². The zero-order valence-corrected chi connectivity index (χ0v) is 13.5. The number of aliphatic imine (C=N–C) groups is 1. The molecular formula is C19H23NO. The van der Waals surface area contributed by atoms with Crippen LogP contribution in [0.2, 0.25) is 0 Å². The van der Waals surface area contributed by atoms with E-state index in [4.69, 9.17) is 0 Å². The standard InChI is InChI=1S/C19H23NO/c1-14(2)11-15(3)16(4)12-17-9-7-8-10-18(17)19(5,6)20-13-21/h7-12H,1H2,2-6H3/b15-11+,16-12+. The van der Waals surface area contributed by atoms with Gasteiger partial charge < -0.3 is 0 Å². The minimum absolute atomic E-state index is 0.582. The monoisotopic (exact) mass is 281 g/mol. The maximum absolute atomic E-state index is 10.6. The zero-order chi connectivity index (χ0) is 16.0. The molecule has 0 N–H and O–H groups in total. The second-order valence-electron chi connectivity index (χ2n) is 5.85. The highest BCUT2D eigenvalue weighted by Gasteiger charge is 2.21. The van der Waals surface area contributed by atoms with Crippen molar-refractivity contribution in [1.29, 1.82) is 0 Å². The molecule has 0 saturated heterocycles. The van der Waals surface area contributed by atoms with Crippen LogP contribution < -0.4 is 0 Å². The SMILES string of the molecule is C=C(C)/C=C(C)/C(C)=C/c1ccccc1C(C)(C)N=C=O. The molecule has 0 aliphatic carbocycles. The van der Waals surface area contributed by atoms with Gasteiger partial charge >= 0.3 is 0 Å². The first-order chi connectivity index (χ1) is 9.77. The van der Waals surface area contributed by atoms with Gasteiger partial charge in [0.1, 0.15) is 0 Å². The molecule has 0 aromatic heterocycles. The van der Waals surface area contributed by atoms with Crippen LogP contribution in [0.5, 0.6) is 0 Å². The van der Waals surface area contributed by atoms with E-state index >= 15 is 0 Å². The van der Waals surface area contributed by atoms with Crippen LogP contribution in [0.4, 0.5) is 0 Å². The molecule has 0 bridgehead atoms. The van der Waals surface area contributed by atoms with E-state index in [1.54, 1.807) is 6.08 Å². The van der Waals surface area contributed by atoms with E-state index in [1.165, 1.54) is 5.57 Å². The highest BCUT2D eigenvalue weighted by atomic mass is 16.1. The summed E-state index contributed by atoms with van der Waals surface area (Å²) in [6.45, 7) is 13.8. The van der Waals surface area contributed by atoms with Gasteiger partial charge in [-0.05, 0) is 56.9 Å². The number of isocyanates is 1. The number of nitrogens with zero attached hydrogens (tertiary/aromatic N) is 1. The van der Waals surface area contributed by atoms with Crippen molar-refractivity contribution in [3.8, 4) is 0 Å². The number of benzene rings is 1. The van der Waals surface area contributed by atoms with Crippen molar-refractivity contribution in [3.05, 3.63) is 64.8 Å². The van der Waals surface area contributed by atoms with E-state index in [1.807, 2.05) is 45.0 Å². The Kier molecular flexibility index (Phi) is 5.63. The van der Waals surface area contributed by atoms with E-state index in [0.717, 1.165) is 22.3 Å². The Bertz CT molecular complexity index is 641. The van der Waals surface area contributed by atoms with E-state index < -0.39 is 5.54 Å². The largest absolute Gasteiger partial charge is 0.235 e. The predicted molar refractivity (Wildman–Crippen MR) is 89.8 cm³/mol. The van der Waals surface area contributed by atoms with Crippen molar-refractivity contribution in [2.45, 2.75) is 40.2 Å². The highest BCUT2D eigenvalue weighted by Crippen LogP contribution is 2.29. The first-order valence-electron chi connectivity index (χ1n) is 6.99. The average Bonchev–Trinajstić information content (AvgIpc) is 2.38. The van der Waals surface area contributed by atoms with E-state index in [9.17, 15) is 4.79 Å². The molecule has 1 aromatic carbocycles. The van der Waals surface area contributed by atoms with Crippen LogP contribution >= 0.6 is 0 Å². The Morgan fingerprint density at radius 2 is 1.81 bits per heavy atom. The normalized spacial score (nSPS) is 12.8. The average molecular weight is 281 g/mol. The van der Waals surface area contributed by atoms with Gasteiger partial charge in [0.05, 0.1) is 5.54 Å². The van der Waals surface area contributed by atoms with Crippen LogP contribution in [-0.2, 0) is 10.3 Å². The van der Waals surface area contributed by atoms with Crippen molar-refractivity contribution in [2.24, 2.45) is 4.99 Å². The molecule has 110 valence electrons. The Hall–Kier alpha value is -2.18. The van der Waals surface area contributed by atoms with Gasteiger partial charge in [-0.25, -0.2) is 4.79 Å². The molecule has 21 heavy (non-hydrogen) atoms. The Morgan fingerprint density at radius 3 is 2.38 bits per heavy atom. The molecule has 0 spiro atoms. The minimum Gasteiger partial charge on any atom is -0.211 e. The zero-order valence-electron chi connectivity index (χ0n) is 13.5. The minimum atomic E-state index is -0.582.